The summed E-state index contributed by atoms with van der Waals surface area (Å²) in [5.74, 6) is 0.00682. The first-order chi connectivity index (χ1) is 7.58. The van der Waals surface area contributed by atoms with Crippen molar-refractivity contribution in [3.05, 3.63) is 32.8 Å². The van der Waals surface area contributed by atoms with Gasteiger partial charge in [0.25, 0.3) is 5.69 Å². The second-order valence-corrected chi connectivity index (χ2v) is 4.54. The first kappa shape index (κ1) is 11.1. The third kappa shape index (κ3) is 2.38. The number of non-ortho nitro benzene ring substituents is 1. The number of nitrogens with zero attached hydrogens (tertiary/aromatic N) is 1. The van der Waals surface area contributed by atoms with Gasteiger partial charge in [0, 0.05) is 22.5 Å². The SMILES string of the molecule is O=C(Nc1cc([N+](=O)[O-])ccc1Br)C1CC1. The van der Waals surface area contributed by atoms with Gasteiger partial charge < -0.3 is 5.32 Å². The fourth-order valence-electron chi connectivity index (χ4n) is 1.30. The van der Waals surface area contributed by atoms with Crippen molar-refractivity contribution in [3.8, 4) is 0 Å². The van der Waals surface area contributed by atoms with Crippen molar-refractivity contribution in [2.75, 3.05) is 5.32 Å². The molecule has 84 valence electrons. The first-order valence-electron chi connectivity index (χ1n) is 4.83. The molecule has 2 rings (SSSR count). The van der Waals surface area contributed by atoms with Crippen LogP contribution in [0.1, 0.15) is 12.8 Å². The van der Waals surface area contributed by atoms with Gasteiger partial charge in [-0.05, 0) is 34.8 Å². The Labute approximate surface area is 100 Å². The van der Waals surface area contributed by atoms with Crippen LogP contribution in [-0.2, 0) is 4.79 Å². The van der Waals surface area contributed by atoms with Crippen molar-refractivity contribution in [3.63, 3.8) is 0 Å². The lowest BCUT2D eigenvalue weighted by Gasteiger charge is -2.06. The van der Waals surface area contributed by atoms with Crippen molar-refractivity contribution < 1.29 is 9.72 Å². The van der Waals surface area contributed by atoms with Crippen LogP contribution in [0.2, 0.25) is 0 Å². The van der Waals surface area contributed by atoms with Gasteiger partial charge in [-0.15, -0.1) is 0 Å². The van der Waals surface area contributed by atoms with Gasteiger partial charge in [0.15, 0.2) is 0 Å². The number of nitro benzene ring substituents is 1. The molecule has 0 atom stereocenters. The Bertz CT molecular complexity index is 457. The van der Waals surface area contributed by atoms with Crippen LogP contribution < -0.4 is 5.32 Å². The highest BCUT2D eigenvalue weighted by Crippen LogP contribution is 2.32. The van der Waals surface area contributed by atoms with E-state index in [1.165, 1.54) is 12.1 Å². The van der Waals surface area contributed by atoms with Gasteiger partial charge in [-0.3, -0.25) is 14.9 Å². The number of carbonyl (C=O) groups excluding carboxylic acids is 1. The molecule has 0 saturated heterocycles. The number of nitro groups is 1. The molecule has 1 aliphatic rings. The molecule has 1 aliphatic carbocycles. The quantitative estimate of drug-likeness (QED) is 0.685. The maximum Gasteiger partial charge on any atom is 0.271 e. The minimum Gasteiger partial charge on any atom is -0.325 e. The fourth-order valence-corrected chi connectivity index (χ4v) is 1.65. The summed E-state index contributed by atoms with van der Waals surface area (Å²) < 4.78 is 0.645. The second kappa shape index (κ2) is 4.21. The third-order valence-electron chi connectivity index (χ3n) is 2.37. The van der Waals surface area contributed by atoms with Crippen molar-refractivity contribution >= 4 is 33.2 Å². The van der Waals surface area contributed by atoms with Crippen molar-refractivity contribution in [2.24, 2.45) is 5.92 Å². The van der Waals surface area contributed by atoms with Gasteiger partial charge in [-0.2, -0.15) is 0 Å². The monoisotopic (exact) mass is 284 g/mol. The summed E-state index contributed by atoms with van der Waals surface area (Å²) in [7, 11) is 0. The fraction of sp³-hybridized carbons (Fsp3) is 0.300. The Balaban J connectivity index is 2.20. The number of benzene rings is 1. The molecule has 0 bridgehead atoms. The Morgan fingerprint density at radius 2 is 2.19 bits per heavy atom. The molecule has 0 aromatic heterocycles. The molecule has 0 radical (unpaired) electrons. The summed E-state index contributed by atoms with van der Waals surface area (Å²) in [5, 5.41) is 13.3. The predicted molar refractivity (Wildman–Crippen MR) is 62.2 cm³/mol. The highest BCUT2D eigenvalue weighted by atomic mass is 79.9. The molecule has 1 aromatic rings. The number of hydrogen-bond donors (Lipinski definition) is 1. The molecule has 1 aromatic carbocycles. The lowest BCUT2D eigenvalue weighted by Crippen LogP contribution is -2.13. The van der Waals surface area contributed by atoms with Crippen LogP contribution >= 0.6 is 15.9 Å². The summed E-state index contributed by atoms with van der Waals surface area (Å²) in [6.45, 7) is 0. The number of halogens is 1. The van der Waals surface area contributed by atoms with E-state index in [4.69, 9.17) is 0 Å². The highest BCUT2D eigenvalue weighted by molar-refractivity contribution is 9.10. The van der Waals surface area contributed by atoms with Gasteiger partial charge >= 0.3 is 0 Å². The zero-order valence-corrected chi connectivity index (χ0v) is 9.86. The molecular weight excluding hydrogens is 276 g/mol. The maximum absolute atomic E-state index is 11.5. The first-order valence-corrected chi connectivity index (χ1v) is 5.62. The van der Waals surface area contributed by atoms with Gasteiger partial charge in [0.2, 0.25) is 5.91 Å². The molecular formula is C10H9BrN2O3. The minimum absolute atomic E-state index is 0.0331. The van der Waals surface area contributed by atoms with E-state index in [0.717, 1.165) is 12.8 Å². The molecule has 1 amide bonds. The van der Waals surface area contributed by atoms with Gasteiger partial charge in [-0.25, -0.2) is 0 Å². The van der Waals surface area contributed by atoms with Crippen LogP contribution in [0.15, 0.2) is 22.7 Å². The van der Waals surface area contributed by atoms with Crippen LogP contribution in [0.4, 0.5) is 11.4 Å². The minimum atomic E-state index is -0.487. The van der Waals surface area contributed by atoms with Crippen LogP contribution in [-0.4, -0.2) is 10.8 Å². The summed E-state index contributed by atoms with van der Waals surface area (Å²) in [4.78, 5) is 21.6. The van der Waals surface area contributed by atoms with Gasteiger partial charge in [0.1, 0.15) is 0 Å². The summed E-state index contributed by atoms with van der Waals surface area (Å²) in [6, 6.07) is 4.29. The number of nitrogens with one attached hydrogen (secondary N) is 1. The average Bonchev–Trinajstić information content (AvgIpc) is 3.04. The summed E-state index contributed by atoms with van der Waals surface area (Å²) >= 11 is 3.24. The van der Waals surface area contributed by atoms with Gasteiger partial charge in [0.05, 0.1) is 10.6 Å². The van der Waals surface area contributed by atoms with E-state index in [9.17, 15) is 14.9 Å². The number of rotatable bonds is 3. The number of carbonyl (C=O) groups is 1. The second-order valence-electron chi connectivity index (χ2n) is 3.68. The molecule has 0 unspecified atom stereocenters. The zero-order valence-electron chi connectivity index (χ0n) is 8.27. The van der Waals surface area contributed by atoms with E-state index < -0.39 is 4.92 Å². The van der Waals surface area contributed by atoms with E-state index in [0.29, 0.717) is 10.2 Å². The van der Waals surface area contributed by atoms with E-state index >= 15 is 0 Å². The molecule has 5 nitrogen and oxygen atoms in total. The number of anilines is 1. The van der Waals surface area contributed by atoms with Crippen molar-refractivity contribution in [1.82, 2.24) is 0 Å². The molecule has 1 fully saturated rings. The molecule has 16 heavy (non-hydrogen) atoms. The topological polar surface area (TPSA) is 72.2 Å². The third-order valence-corrected chi connectivity index (χ3v) is 3.06. The molecule has 0 aliphatic heterocycles. The smallest absolute Gasteiger partial charge is 0.271 e. The summed E-state index contributed by atoms with van der Waals surface area (Å²) in [6.07, 6.45) is 1.80. The van der Waals surface area contributed by atoms with Crippen LogP contribution in [0, 0.1) is 16.0 Å². The largest absolute Gasteiger partial charge is 0.325 e. The van der Waals surface area contributed by atoms with Crippen LogP contribution in [0.3, 0.4) is 0 Å². The molecule has 6 heteroatoms. The molecule has 0 heterocycles. The van der Waals surface area contributed by atoms with E-state index in [1.807, 2.05) is 0 Å². The lowest BCUT2D eigenvalue weighted by molar-refractivity contribution is -0.384. The summed E-state index contributed by atoms with van der Waals surface area (Å²) in [5.41, 5.74) is 0.417. The Hall–Kier alpha value is -1.43. The Morgan fingerprint density at radius 1 is 1.50 bits per heavy atom. The lowest BCUT2D eigenvalue weighted by atomic mass is 10.2. The molecule has 1 saturated carbocycles. The Kier molecular flexibility index (Phi) is 2.91. The average molecular weight is 285 g/mol. The highest BCUT2D eigenvalue weighted by Gasteiger charge is 2.30. The standard InChI is InChI=1S/C10H9BrN2O3/c11-8-4-3-7(13(15)16)5-9(8)12-10(14)6-1-2-6/h3-6H,1-2H2,(H,12,14). The van der Waals surface area contributed by atoms with Crippen molar-refractivity contribution in [1.29, 1.82) is 0 Å². The van der Waals surface area contributed by atoms with Gasteiger partial charge in [-0.1, -0.05) is 0 Å². The number of amides is 1. The van der Waals surface area contributed by atoms with E-state index in [2.05, 4.69) is 21.2 Å². The normalized spacial score (nSPS) is 14.6. The predicted octanol–water partition coefficient (Wildman–Crippen LogP) is 2.71. The zero-order chi connectivity index (χ0) is 11.7. The van der Waals surface area contributed by atoms with Crippen LogP contribution in [0.5, 0.6) is 0 Å². The molecule has 0 spiro atoms. The van der Waals surface area contributed by atoms with E-state index in [-0.39, 0.29) is 17.5 Å². The van der Waals surface area contributed by atoms with Crippen molar-refractivity contribution in [2.45, 2.75) is 12.8 Å². The Morgan fingerprint density at radius 3 is 2.75 bits per heavy atom. The molecule has 1 N–H and O–H groups in total. The maximum atomic E-state index is 11.5. The van der Waals surface area contributed by atoms with Crippen LogP contribution in [0.25, 0.3) is 0 Å². The van der Waals surface area contributed by atoms with E-state index in [1.54, 1.807) is 6.07 Å². The number of hydrogen-bond acceptors (Lipinski definition) is 3.